The highest BCUT2D eigenvalue weighted by atomic mass is 16.3. The molecule has 1 aliphatic rings. The number of nitriles is 1. The second kappa shape index (κ2) is 4.51. The summed E-state index contributed by atoms with van der Waals surface area (Å²) < 4.78 is 0. The Hall–Kier alpha value is -0.590. The van der Waals surface area contributed by atoms with Gasteiger partial charge in [0.2, 0.25) is 0 Å². The van der Waals surface area contributed by atoms with Crippen molar-refractivity contribution in [2.24, 2.45) is 5.41 Å². The Labute approximate surface area is 92.7 Å². The molecule has 0 aromatic rings. The first-order valence-electron chi connectivity index (χ1n) is 5.71. The van der Waals surface area contributed by atoms with Gasteiger partial charge in [-0.05, 0) is 53.1 Å². The Bertz CT molecular complexity index is 253. The highest BCUT2D eigenvalue weighted by Gasteiger charge is 2.29. The van der Waals surface area contributed by atoms with Gasteiger partial charge in [0, 0.05) is 6.54 Å². The molecule has 0 aromatic heterocycles. The topological polar surface area (TPSA) is 47.3 Å². The summed E-state index contributed by atoms with van der Waals surface area (Å²) in [7, 11) is 0. The molecule has 0 aromatic carbocycles. The van der Waals surface area contributed by atoms with E-state index in [4.69, 9.17) is 5.26 Å². The first-order valence-corrected chi connectivity index (χ1v) is 5.71. The van der Waals surface area contributed by atoms with Crippen LogP contribution in [0.25, 0.3) is 0 Å². The molecule has 0 spiro atoms. The second-order valence-electron chi connectivity index (χ2n) is 5.62. The van der Waals surface area contributed by atoms with E-state index in [1.165, 1.54) is 0 Å². The molecule has 1 atom stereocenters. The first kappa shape index (κ1) is 12.5. The lowest BCUT2D eigenvalue weighted by Crippen LogP contribution is -2.46. The number of hydrogen-bond donors (Lipinski definition) is 1. The van der Waals surface area contributed by atoms with Crippen LogP contribution in [-0.4, -0.2) is 35.2 Å². The smallest absolute Gasteiger partial charge is 0.0746 e. The summed E-state index contributed by atoms with van der Waals surface area (Å²) in [4.78, 5) is 2.27. The molecular formula is C12H22N2O. The molecule has 0 aliphatic carbocycles. The van der Waals surface area contributed by atoms with Gasteiger partial charge < -0.3 is 10.0 Å². The molecule has 0 saturated carbocycles. The summed E-state index contributed by atoms with van der Waals surface area (Å²) in [5, 5.41) is 18.8. The van der Waals surface area contributed by atoms with Crippen LogP contribution in [0.15, 0.2) is 0 Å². The molecule has 1 rings (SSSR count). The van der Waals surface area contributed by atoms with Crippen LogP contribution in [0.2, 0.25) is 0 Å². The highest BCUT2D eigenvalue weighted by Crippen LogP contribution is 2.23. The quantitative estimate of drug-likeness (QED) is 0.772. The Kier molecular flexibility index (Phi) is 3.75. The molecule has 86 valence electrons. The number of nitrogens with zero attached hydrogens (tertiary/aromatic N) is 2. The van der Waals surface area contributed by atoms with Crippen LogP contribution in [0, 0.1) is 16.7 Å². The molecule has 3 nitrogen and oxygen atoms in total. The number of rotatable bonds is 3. The third kappa shape index (κ3) is 4.19. The zero-order chi connectivity index (χ0) is 11.5. The SMILES string of the molecule is CC(C)(C#N)CCN1CCCC(C)(O)C1. The zero-order valence-electron chi connectivity index (χ0n) is 10.1. The van der Waals surface area contributed by atoms with Gasteiger partial charge >= 0.3 is 0 Å². The van der Waals surface area contributed by atoms with Gasteiger partial charge in [-0.2, -0.15) is 5.26 Å². The van der Waals surface area contributed by atoms with Crippen molar-refractivity contribution >= 4 is 0 Å². The first-order chi connectivity index (χ1) is 6.85. The minimum atomic E-state index is -0.533. The Morgan fingerprint density at radius 1 is 1.53 bits per heavy atom. The van der Waals surface area contributed by atoms with Crippen LogP contribution in [0.1, 0.15) is 40.0 Å². The normalized spacial score (nSPS) is 28.7. The summed E-state index contributed by atoms with van der Waals surface area (Å²) in [5.41, 5.74) is -0.779. The van der Waals surface area contributed by atoms with E-state index in [1.54, 1.807) is 0 Å². The summed E-state index contributed by atoms with van der Waals surface area (Å²) in [5.74, 6) is 0. The van der Waals surface area contributed by atoms with E-state index in [9.17, 15) is 5.11 Å². The zero-order valence-corrected chi connectivity index (χ0v) is 10.1. The van der Waals surface area contributed by atoms with Crippen LogP contribution in [0.4, 0.5) is 0 Å². The van der Waals surface area contributed by atoms with E-state index in [0.717, 1.165) is 38.9 Å². The van der Waals surface area contributed by atoms with Gasteiger partial charge in [0.05, 0.1) is 17.1 Å². The van der Waals surface area contributed by atoms with Gasteiger partial charge in [0.15, 0.2) is 0 Å². The molecule has 3 heteroatoms. The maximum atomic E-state index is 9.92. The lowest BCUT2D eigenvalue weighted by Gasteiger charge is -2.37. The van der Waals surface area contributed by atoms with E-state index in [2.05, 4.69) is 11.0 Å². The summed E-state index contributed by atoms with van der Waals surface area (Å²) in [6.45, 7) is 8.54. The van der Waals surface area contributed by atoms with Crippen LogP contribution in [0.5, 0.6) is 0 Å². The van der Waals surface area contributed by atoms with Gasteiger partial charge in [-0.3, -0.25) is 0 Å². The fourth-order valence-corrected chi connectivity index (χ4v) is 2.01. The third-order valence-electron chi connectivity index (χ3n) is 3.11. The van der Waals surface area contributed by atoms with Crippen LogP contribution in [0.3, 0.4) is 0 Å². The van der Waals surface area contributed by atoms with E-state index < -0.39 is 5.60 Å². The van der Waals surface area contributed by atoms with Crippen LogP contribution in [-0.2, 0) is 0 Å². The number of β-amino-alcohol motifs (C(OH)–C–C–N with tert-alkyl or cyclic N) is 1. The van der Waals surface area contributed by atoms with Crippen molar-refractivity contribution in [2.45, 2.75) is 45.6 Å². The Balaban J connectivity index is 2.37. The summed E-state index contributed by atoms with van der Waals surface area (Å²) >= 11 is 0. The average molecular weight is 210 g/mol. The van der Waals surface area contributed by atoms with Crippen molar-refractivity contribution in [1.82, 2.24) is 4.90 Å². The number of aliphatic hydroxyl groups is 1. The van der Waals surface area contributed by atoms with Crippen molar-refractivity contribution in [2.75, 3.05) is 19.6 Å². The van der Waals surface area contributed by atoms with Gasteiger partial charge in [0.1, 0.15) is 0 Å². The van der Waals surface area contributed by atoms with E-state index in [0.29, 0.717) is 0 Å². The number of likely N-dealkylation sites (tertiary alicyclic amines) is 1. The fourth-order valence-electron chi connectivity index (χ4n) is 2.01. The van der Waals surface area contributed by atoms with E-state index in [-0.39, 0.29) is 5.41 Å². The predicted molar refractivity (Wildman–Crippen MR) is 60.3 cm³/mol. The molecule has 1 aliphatic heterocycles. The maximum absolute atomic E-state index is 9.92. The molecule has 0 radical (unpaired) electrons. The van der Waals surface area contributed by atoms with Gasteiger partial charge in [-0.25, -0.2) is 0 Å². The standard InChI is InChI=1S/C12H22N2O/c1-11(2,9-13)6-8-14-7-4-5-12(3,15)10-14/h15H,4-8,10H2,1-3H3. The summed E-state index contributed by atoms with van der Waals surface area (Å²) in [6, 6.07) is 2.31. The molecule has 0 bridgehead atoms. The van der Waals surface area contributed by atoms with Crippen molar-refractivity contribution in [3.8, 4) is 6.07 Å². The van der Waals surface area contributed by atoms with Gasteiger partial charge in [-0.15, -0.1) is 0 Å². The summed E-state index contributed by atoms with van der Waals surface area (Å²) in [6.07, 6.45) is 2.82. The third-order valence-corrected chi connectivity index (χ3v) is 3.11. The van der Waals surface area contributed by atoms with Crippen molar-refractivity contribution < 1.29 is 5.11 Å². The minimum absolute atomic E-state index is 0.247. The average Bonchev–Trinajstić information content (AvgIpc) is 2.14. The molecule has 1 unspecified atom stereocenters. The monoisotopic (exact) mass is 210 g/mol. The second-order valence-corrected chi connectivity index (χ2v) is 5.62. The molecule has 1 saturated heterocycles. The van der Waals surface area contributed by atoms with Crippen molar-refractivity contribution in [3.05, 3.63) is 0 Å². The molecule has 1 N–H and O–H groups in total. The largest absolute Gasteiger partial charge is 0.389 e. The van der Waals surface area contributed by atoms with Crippen LogP contribution >= 0.6 is 0 Å². The molecule has 15 heavy (non-hydrogen) atoms. The van der Waals surface area contributed by atoms with E-state index >= 15 is 0 Å². The Morgan fingerprint density at radius 2 is 2.20 bits per heavy atom. The fraction of sp³-hybridized carbons (Fsp3) is 0.917. The maximum Gasteiger partial charge on any atom is 0.0746 e. The molecule has 0 amide bonds. The molecule has 1 fully saturated rings. The van der Waals surface area contributed by atoms with Crippen molar-refractivity contribution in [3.63, 3.8) is 0 Å². The predicted octanol–water partition coefficient (Wildman–Crippen LogP) is 1.77. The highest BCUT2D eigenvalue weighted by molar-refractivity contribution is 4.93. The number of hydrogen-bond acceptors (Lipinski definition) is 3. The minimum Gasteiger partial charge on any atom is -0.389 e. The van der Waals surface area contributed by atoms with Crippen LogP contribution < -0.4 is 0 Å². The number of piperidine rings is 1. The molecular weight excluding hydrogens is 188 g/mol. The molecule has 1 heterocycles. The van der Waals surface area contributed by atoms with Gasteiger partial charge in [0.25, 0.3) is 0 Å². The lowest BCUT2D eigenvalue weighted by molar-refractivity contribution is -0.0173. The van der Waals surface area contributed by atoms with Gasteiger partial charge in [-0.1, -0.05) is 0 Å². The van der Waals surface area contributed by atoms with E-state index in [1.807, 2.05) is 20.8 Å². The Morgan fingerprint density at radius 3 is 2.73 bits per heavy atom. The van der Waals surface area contributed by atoms with Crippen molar-refractivity contribution in [1.29, 1.82) is 5.26 Å². The lowest BCUT2D eigenvalue weighted by atomic mass is 9.89.